The van der Waals surface area contributed by atoms with Gasteiger partial charge in [-0.15, -0.1) is 0 Å². The number of rotatable bonds is 5. The van der Waals surface area contributed by atoms with E-state index in [0.717, 1.165) is 0 Å². The van der Waals surface area contributed by atoms with E-state index in [9.17, 15) is 8.42 Å². The second-order valence-electron chi connectivity index (χ2n) is 5.28. The normalized spacial score (nSPS) is 12.5. The summed E-state index contributed by atoms with van der Waals surface area (Å²) in [6, 6.07) is 4.69. The van der Waals surface area contributed by atoms with E-state index >= 15 is 0 Å². The standard InChI is InChI=1S/C13H21NO4S/c1-10-9-11(5-6-12(10)19(14,15)16)17-7-8-18-13(2,3)4/h5-6,9H,7-8H2,1-4H3,(H2,14,15,16). The molecule has 1 rings (SSSR count). The fourth-order valence-corrected chi connectivity index (χ4v) is 2.30. The molecule has 0 unspecified atom stereocenters. The molecule has 0 aromatic heterocycles. The van der Waals surface area contributed by atoms with Crippen molar-refractivity contribution in [2.24, 2.45) is 5.14 Å². The van der Waals surface area contributed by atoms with Crippen LogP contribution in [0.15, 0.2) is 23.1 Å². The van der Waals surface area contributed by atoms with Crippen LogP contribution in [0.3, 0.4) is 0 Å². The number of sulfonamides is 1. The molecule has 108 valence electrons. The Labute approximate surface area is 114 Å². The van der Waals surface area contributed by atoms with Crippen molar-refractivity contribution in [2.75, 3.05) is 13.2 Å². The number of benzene rings is 1. The second kappa shape index (κ2) is 5.90. The molecule has 0 bridgehead atoms. The molecule has 0 amide bonds. The molecule has 1 aromatic rings. The van der Waals surface area contributed by atoms with Crippen LogP contribution in [0.1, 0.15) is 26.3 Å². The third-order valence-corrected chi connectivity index (χ3v) is 3.41. The van der Waals surface area contributed by atoms with E-state index in [0.29, 0.717) is 24.5 Å². The zero-order valence-corrected chi connectivity index (χ0v) is 12.6. The zero-order chi connectivity index (χ0) is 14.7. The van der Waals surface area contributed by atoms with Crippen molar-refractivity contribution in [1.29, 1.82) is 0 Å². The van der Waals surface area contributed by atoms with Gasteiger partial charge in [0.15, 0.2) is 0 Å². The number of hydrogen-bond donors (Lipinski definition) is 1. The highest BCUT2D eigenvalue weighted by Crippen LogP contribution is 2.20. The Bertz CT molecular complexity index is 532. The smallest absolute Gasteiger partial charge is 0.238 e. The maximum absolute atomic E-state index is 11.3. The lowest BCUT2D eigenvalue weighted by Crippen LogP contribution is -2.22. The first-order valence-electron chi connectivity index (χ1n) is 6.00. The van der Waals surface area contributed by atoms with Crippen LogP contribution in [-0.4, -0.2) is 27.2 Å². The van der Waals surface area contributed by atoms with Gasteiger partial charge < -0.3 is 9.47 Å². The Morgan fingerprint density at radius 3 is 2.32 bits per heavy atom. The van der Waals surface area contributed by atoms with Crippen molar-refractivity contribution in [2.45, 2.75) is 38.2 Å². The monoisotopic (exact) mass is 287 g/mol. The predicted molar refractivity (Wildman–Crippen MR) is 73.8 cm³/mol. The third kappa shape index (κ3) is 5.59. The van der Waals surface area contributed by atoms with E-state index in [-0.39, 0.29) is 10.5 Å². The molecule has 0 radical (unpaired) electrons. The van der Waals surface area contributed by atoms with Gasteiger partial charge in [-0.25, -0.2) is 13.6 Å². The lowest BCUT2D eigenvalue weighted by molar-refractivity contribution is -0.0163. The molecule has 0 saturated carbocycles. The number of primary sulfonamides is 1. The molecule has 2 N–H and O–H groups in total. The van der Waals surface area contributed by atoms with Crippen LogP contribution >= 0.6 is 0 Å². The minimum Gasteiger partial charge on any atom is -0.491 e. The quantitative estimate of drug-likeness (QED) is 0.838. The van der Waals surface area contributed by atoms with Crippen LogP contribution in [0.5, 0.6) is 5.75 Å². The van der Waals surface area contributed by atoms with Gasteiger partial charge in [0.25, 0.3) is 0 Å². The molecule has 0 aliphatic rings. The first-order valence-corrected chi connectivity index (χ1v) is 7.54. The number of hydrogen-bond acceptors (Lipinski definition) is 4. The van der Waals surface area contributed by atoms with Crippen LogP contribution in [0.4, 0.5) is 0 Å². The summed E-state index contributed by atoms with van der Waals surface area (Å²) >= 11 is 0. The summed E-state index contributed by atoms with van der Waals surface area (Å²) in [4.78, 5) is 0.116. The van der Waals surface area contributed by atoms with Gasteiger partial charge in [-0.3, -0.25) is 0 Å². The Morgan fingerprint density at radius 2 is 1.84 bits per heavy atom. The Kier molecular flexibility index (Phi) is 4.95. The van der Waals surface area contributed by atoms with Crippen molar-refractivity contribution in [3.05, 3.63) is 23.8 Å². The van der Waals surface area contributed by atoms with Gasteiger partial charge in [0, 0.05) is 0 Å². The summed E-state index contributed by atoms with van der Waals surface area (Å²) in [5.41, 5.74) is 0.369. The van der Waals surface area contributed by atoms with E-state index in [2.05, 4.69) is 0 Å². The van der Waals surface area contributed by atoms with Gasteiger partial charge in [-0.05, 0) is 51.5 Å². The van der Waals surface area contributed by atoms with Crippen LogP contribution in [-0.2, 0) is 14.8 Å². The van der Waals surface area contributed by atoms with E-state index in [1.165, 1.54) is 6.07 Å². The molecule has 0 saturated heterocycles. The van der Waals surface area contributed by atoms with Crippen molar-refractivity contribution < 1.29 is 17.9 Å². The molecule has 1 aromatic carbocycles. The van der Waals surface area contributed by atoms with Crippen molar-refractivity contribution >= 4 is 10.0 Å². The molecule has 0 heterocycles. The van der Waals surface area contributed by atoms with Crippen molar-refractivity contribution in [3.63, 3.8) is 0 Å². The van der Waals surface area contributed by atoms with Crippen molar-refractivity contribution in [3.8, 4) is 5.75 Å². The summed E-state index contributed by atoms with van der Waals surface area (Å²) in [6.45, 7) is 8.47. The molecule has 19 heavy (non-hydrogen) atoms. The van der Waals surface area contributed by atoms with Gasteiger partial charge in [-0.1, -0.05) is 0 Å². The SMILES string of the molecule is Cc1cc(OCCOC(C)(C)C)ccc1S(N)(=O)=O. The highest BCUT2D eigenvalue weighted by molar-refractivity contribution is 7.89. The summed E-state index contributed by atoms with van der Waals surface area (Å²) in [5.74, 6) is 0.599. The Hall–Kier alpha value is -1.11. The molecule has 0 atom stereocenters. The van der Waals surface area contributed by atoms with E-state index < -0.39 is 10.0 Å². The minimum absolute atomic E-state index is 0.116. The highest BCUT2D eigenvalue weighted by atomic mass is 32.2. The summed E-state index contributed by atoms with van der Waals surface area (Å²) in [7, 11) is -3.68. The summed E-state index contributed by atoms with van der Waals surface area (Å²) < 4.78 is 33.5. The first-order chi connectivity index (χ1) is 8.59. The van der Waals surface area contributed by atoms with E-state index in [1.807, 2.05) is 20.8 Å². The number of aryl methyl sites for hydroxylation is 1. The summed E-state index contributed by atoms with van der Waals surface area (Å²) in [5, 5.41) is 5.09. The maximum atomic E-state index is 11.3. The van der Waals surface area contributed by atoms with E-state index in [1.54, 1.807) is 19.1 Å². The number of ether oxygens (including phenoxy) is 2. The molecular formula is C13H21NO4S. The molecule has 6 heteroatoms. The fourth-order valence-electron chi connectivity index (χ4n) is 1.54. The van der Waals surface area contributed by atoms with Crippen LogP contribution in [0.25, 0.3) is 0 Å². The predicted octanol–water partition coefficient (Wildman–Crippen LogP) is 1.84. The molecule has 0 aliphatic carbocycles. The minimum atomic E-state index is -3.68. The average molecular weight is 287 g/mol. The van der Waals surface area contributed by atoms with Crippen LogP contribution in [0.2, 0.25) is 0 Å². The van der Waals surface area contributed by atoms with Gasteiger partial charge >= 0.3 is 0 Å². The topological polar surface area (TPSA) is 78.6 Å². The van der Waals surface area contributed by atoms with Crippen LogP contribution in [0, 0.1) is 6.92 Å². The first kappa shape index (κ1) is 15.9. The van der Waals surface area contributed by atoms with Crippen molar-refractivity contribution in [1.82, 2.24) is 0 Å². The Balaban J connectivity index is 2.60. The second-order valence-corrected chi connectivity index (χ2v) is 6.81. The maximum Gasteiger partial charge on any atom is 0.238 e. The zero-order valence-electron chi connectivity index (χ0n) is 11.8. The average Bonchev–Trinajstić information content (AvgIpc) is 2.21. The summed E-state index contributed by atoms with van der Waals surface area (Å²) in [6.07, 6.45) is 0. The highest BCUT2D eigenvalue weighted by Gasteiger charge is 2.12. The Morgan fingerprint density at radius 1 is 1.21 bits per heavy atom. The number of nitrogens with two attached hydrogens (primary N) is 1. The van der Waals surface area contributed by atoms with Gasteiger partial charge in [0.2, 0.25) is 10.0 Å². The van der Waals surface area contributed by atoms with E-state index in [4.69, 9.17) is 14.6 Å². The molecule has 0 spiro atoms. The fraction of sp³-hybridized carbons (Fsp3) is 0.538. The molecule has 0 aliphatic heterocycles. The van der Waals surface area contributed by atoms with Gasteiger partial charge in [0.1, 0.15) is 12.4 Å². The molecular weight excluding hydrogens is 266 g/mol. The molecule has 5 nitrogen and oxygen atoms in total. The van der Waals surface area contributed by atoms with Gasteiger partial charge in [0.05, 0.1) is 17.1 Å². The van der Waals surface area contributed by atoms with Crippen LogP contribution < -0.4 is 9.88 Å². The lowest BCUT2D eigenvalue weighted by Gasteiger charge is -2.19. The molecule has 0 fully saturated rings. The third-order valence-electron chi connectivity index (χ3n) is 2.34. The largest absolute Gasteiger partial charge is 0.491 e. The lowest BCUT2D eigenvalue weighted by atomic mass is 10.2. The van der Waals surface area contributed by atoms with Gasteiger partial charge in [-0.2, -0.15) is 0 Å².